The minimum Gasteiger partial charge on any atom is -0.306 e. The smallest absolute Gasteiger partial charge is 0.306 e. The number of hydrogen-bond donors (Lipinski definition) is 1. The second-order valence-electron chi connectivity index (χ2n) is 9.43. The number of aliphatic imine (C=N–C) groups is 1. The number of thioether (sulfide) groups is 1. The predicted molar refractivity (Wildman–Crippen MR) is 153 cm³/mol. The third-order valence-electron chi connectivity index (χ3n) is 6.28. The first-order chi connectivity index (χ1) is 18.2. The number of amidine groups is 1. The molecule has 0 saturated carbocycles. The van der Waals surface area contributed by atoms with Crippen LogP contribution in [-0.2, 0) is 4.79 Å². The zero-order valence-electron chi connectivity index (χ0n) is 21.9. The second-order valence-corrected chi connectivity index (χ2v) is 10.7. The fraction of sp³-hybridized carbons (Fsp3) is 0.207. The van der Waals surface area contributed by atoms with Gasteiger partial charge in [0.05, 0.1) is 16.6 Å². The summed E-state index contributed by atoms with van der Waals surface area (Å²) >= 11 is 1.28. The van der Waals surface area contributed by atoms with E-state index in [2.05, 4.69) is 20.4 Å². The van der Waals surface area contributed by atoms with Gasteiger partial charge in [0.15, 0.2) is 11.0 Å². The molecule has 1 saturated heterocycles. The molecule has 8 nitrogen and oxygen atoms in total. The van der Waals surface area contributed by atoms with Crippen molar-refractivity contribution in [3.8, 4) is 17.1 Å². The summed E-state index contributed by atoms with van der Waals surface area (Å²) in [5.41, 5.74) is 7.34. The zero-order valence-corrected chi connectivity index (χ0v) is 22.7. The molecule has 0 bridgehead atoms. The summed E-state index contributed by atoms with van der Waals surface area (Å²) in [5, 5.41) is 7.41. The van der Waals surface area contributed by atoms with Gasteiger partial charge in [-0.1, -0.05) is 47.2 Å². The molecule has 3 amide bonds. The Morgan fingerprint density at radius 2 is 1.61 bits per heavy atom. The third-order valence-corrected chi connectivity index (χ3v) is 7.32. The minimum absolute atomic E-state index is 0.0847. The number of anilines is 2. The molecule has 1 atom stereocenters. The van der Waals surface area contributed by atoms with E-state index >= 15 is 0 Å². The highest BCUT2D eigenvalue weighted by molar-refractivity contribution is 8.16. The summed E-state index contributed by atoms with van der Waals surface area (Å²) in [7, 11) is 0. The number of aryl methyl sites for hydroxylation is 4. The molecule has 9 heteroatoms. The van der Waals surface area contributed by atoms with Crippen LogP contribution in [-0.4, -0.2) is 37.1 Å². The van der Waals surface area contributed by atoms with Gasteiger partial charge in [-0.05, 0) is 82.1 Å². The SMILES string of the molecule is Cc1ccc(-n2cnc(-c3ccc(NC(=O)N=C4SC(C)C(=O)N4c4c(C)cc(C)cc4C)cc3)n2)cc1. The van der Waals surface area contributed by atoms with Crippen molar-refractivity contribution in [3.05, 3.63) is 89.2 Å². The lowest BCUT2D eigenvalue weighted by Gasteiger charge is -2.21. The van der Waals surface area contributed by atoms with E-state index in [0.717, 1.165) is 33.6 Å². The van der Waals surface area contributed by atoms with Crippen molar-refractivity contribution in [1.29, 1.82) is 0 Å². The molecule has 38 heavy (non-hydrogen) atoms. The molecule has 0 spiro atoms. The molecule has 2 heterocycles. The highest BCUT2D eigenvalue weighted by Gasteiger charge is 2.38. The van der Waals surface area contributed by atoms with Gasteiger partial charge in [-0.2, -0.15) is 4.99 Å². The topological polar surface area (TPSA) is 92.5 Å². The first kappa shape index (κ1) is 25.4. The van der Waals surface area contributed by atoms with E-state index in [1.54, 1.807) is 28.0 Å². The van der Waals surface area contributed by atoms with Crippen molar-refractivity contribution in [2.45, 2.75) is 39.9 Å². The molecule has 1 N–H and O–H groups in total. The molecule has 0 radical (unpaired) electrons. The van der Waals surface area contributed by atoms with Gasteiger partial charge in [-0.25, -0.2) is 14.5 Å². The molecule has 1 aliphatic heterocycles. The van der Waals surface area contributed by atoms with E-state index in [-0.39, 0.29) is 11.2 Å². The molecule has 192 valence electrons. The normalized spacial score (nSPS) is 16.3. The number of urea groups is 1. The number of benzene rings is 3. The quantitative estimate of drug-likeness (QED) is 0.342. The van der Waals surface area contributed by atoms with E-state index in [9.17, 15) is 9.59 Å². The fourth-order valence-corrected chi connectivity index (χ4v) is 5.45. The predicted octanol–water partition coefficient (Wildman–Crippen LogP) is 6.22. The number of nitrogens with one attached hydrogen (secondary N) is 1. The van der Waals surface area contributed by atoms with Gasteiger partial charge in [-0.15, -0.1) is 5.10 Å². The van der Waals surface area contributed by atoms with Gasteiger partial charge in [-0.3, -0.25) is 9.69 Å². The van der Waals surface area contributed by atoms with Crippen molar-refractivity contribution in [1.82, 2.24) is 14.8 Å². The lowest BCUT2D eigenvalue weighted by atomic mass is 10.0. The standard InChI is InChI=1S/C29H28N6O2S/c1-17-6-12-24(13-7-17)34-16-30-26(33-34)22-8-10-23(11-9-22)31-28(37)32-29-35(27(36)21(5)38-29)25-19(3)14-18(2)15-20(25)4/h6-16,21H,1-5H3,(H,31,37). The van der Waals surface area contributed by atoms with Crippen molar-refractivity contribution in [3.63, 3.8) is 0 Å². The van der Waals surface area contributed by atoms with Gasteiger partial charge in [0, 0.05) is 11.3 Å². The molecule has 1 aliphatic rings. The molecule has 1 fully saturated rings. The van der Waals surface area contributed by atoms with E-state index < -0.39 is 6.03 Å². The molecule has 5 rings (SSSR count). The van der Waals surface area contributed by atoms with Crippen LogP contribution >= 0.6 is 11.8 Å². The fourth-order valence-electron chi connectivity index (χ4n) is 4.50. The number of carbonyl (C=O) groups is 2. The summed E-state index contributed by atoms with van der Waals surface area (Å²) in [6.45, 7) is 9.82. The highest BCUT2D eigenvalue weighted by Crippen LogP contribution is 2.36. The van der Waals surface area contributed by atoms with Crippen LogP contribution in [0.2, 0.25) is 0 Å². The number of aromatic nitrogens is 3. The highest BCUT2D eigenvalue weighted by atomic mass is 32.2. The Balaban J connectivity index is 1.32. The first-order valence-electron chi connectivity index (χ1n) is 12.3. The zero-order chi connectivity index (χ0) is 27.0. The van der Waals surface area contributed by atoms with Crippen molar-refractivity contribution in [2.75, 3.05) is 10.2 Å². The first-order valence-corrected chi connectivity index (χ1v) is 13.1. The van der Waals surface area contributed by atoms with Gasteiger partial charge in [0.1, 0.15) is 6.33 Å². The van der Waals surface area contributed by atoms with Crippen LogP contribution < -0.4 is 10.2 Å². The van der Waals surface area contributed by atoms with E-state index in [1.807, 2.05) is 83.1 Å². The van der Waals surface area contributed by atoms with Crippen molar-refractivity contribution < 1.29 is 9.59 Å². The minimum atomic E-state index is -0.545. The second kappa shape index (κ2) is 10.3. The molecular weight excluding hydrogens is 496 g/mol. The van der Waals surface area contributed by atoms with E-state index in [1.165, 1.54) is 17.3 Å². The average molecular weight is 525 g/mol. The summed E-state index contributed by atoms with van der Waals surface area (Å²) in [6.07, 6.45) is 1.68. The molecule has 1 unspecified atom stereocenters. The maximum absolute atomic E-state index is 13.0. The van der Waals surface area contributed by atoms with Gasteiger partial charge < -0.3 is 5.32 Å². The number of amides is 3. The Morgan fingerprint density at radius 3 is 2.26 bits per heavy atom. The Hall–Kier alpha value is -4.24. The summed E-state index contributed by atoms with van der Waals surface area (Å²) in [5.74, 6) is 0.497. The maximum Gasteiger partial charge on any atom is 0.347 e. The average Bonchev–Trinajstić information content (AvgIpc) is 3.46. The van der Waals surface area contributed by atoms with E-state index in [0.29, 0.717) is 16.7 Å². The molecule has 0 aliphatic carbocycles. The summed E-state index contributed by atoms with van der Waals surface area (Å²) in [4.78, 5) is 36.1. The Bertz CT molecular complexity index is 1530. The Labute approximate surface area is 225 Å². The van der Waals surface area contributed by atoms with Gasteiger partial charge >= 0.3 is 6.03 Å². The number of nitrogens with zero attached hydrogens (tertiary/aromatic N) is 5. The molecule has 4 aromatic rings. The van der Waals surface area contributed by atoms with E-state index in [4.69, 9.17) is 0 Å². The lowest BCUT2D eigenvalue weighted by Crippen LogP contribution is -2.33. The molecular formula is C29H28N6O2S. The summed E-state index contributed by atoms with van der Waals surface area (Å²) < 4.78 is 1.73. The Kier molecular flexibility index (Phi) is 6.86. The molecule has 3 aromatic carbocycles. The van der Waals surface area contributed by atoms with Crippen LogP contribution in [0.3, 0.4) is 0 Å². The summed E-state index contributed by atoms with van der Waals surface area (Å²) in [6, 6.07) is 18.8. The lowest BCUT2D eigenvalue weighted by molar-refractivity contribution is -0.116. The van der Waals surface area contributed by atoms with Crippen LogP contribution in [0.15, 0.2) is 72.0 Å². The van der Waals surface area contributed by atoms with Gasteiger partial charge in [0.2, 0.25) is 5.91 Å². The maximum atomic E-state index is 13.0. The van der Waals surface area contributed by atoms with Crippen LogP contribution in [0, 0.1) is 27.7 Å². The third kappa shape index (κ3) is 5.10. The monoisotopic (exact) mass is 524 g/mol. The number of rotatable bonds is 4. The van der Waals surface area contributed by atoms with Crippen LogP contribution in [0.5, 0.6) is 0 Å². The number of carbonyl (C=O) groups excluding carboxylic acids is 2. The van der Waals surface area contributed by atoms with Crippen LogP contribution in [0.25, 0.3) is 17.1 Å². The molecule has 1 aromatic heterocycles. The number of hydrogen-bond acceptors (Lipinski definition) is 5. The van der Waals surface area contributed by atoms with Crippen LogP contribution in [0.4, 0.5) is 16.2 Å². The van der Waals surface area contributed by atoms with Crippen molar-refractivity contribution >= 4 is 40.2 Å². The van der Waals surface area contributed by atoms with Crippen molar-refractivity contribution in [2.24, 2.45) is 4.99 Å². The van der Waals surface area contributed by atoms with Gasteiger partial charge in [0.25, 0.3) is 0 Å². The largest absolute Gasteiger partial charge is 0.347 e. The van der Waals surface area contributed by atoms with Crippen LogP contribution in [0.1, 0.15) is 29.2 Å². The Morgan fingerprint density at radius 1 is 0.947 bits per heavy atom.